The molecule has 32 heavy (non-hydrogen) atoms. The first kappa shape index (κ1) is 21.4. The number of ketones is 1. The van der Waals surface area contributed by atoms with Crippen LogP contribution in [0.15, 0.2) is 42.5 Å². The van der Waals surface area contributed by atoms with Crippen molar-refractivity contribution in [3.63, 3.8) is 0 Å². The number of halogens is 1. The molecule has 1 heterocycles. The topological polar surface area (TPSA) is 66.5 Å². The largest absolute Gasteiger partial charge is 0.367 e. The van der Waals surface area contributed by atoms with Crippen molar-refractivity contribution < 1.29 is 17.6 Å². The first-order chi connectivity index (χ1) is 15.1. The van der Waals surface area contributed by atoms with Gasteiger partial charge in [0.2, 0.25) is 10.0 Å². The number of nitrogens with zero attached hydrogens (tertiary/aromatic N) is 1. The van der Waals surface area contributed by atoms with Crippen LogP contribution in [0.2, 0.25) is 0 Å². The summed E-state index contributed by atoms with van der Waals surface area (Å²) in [6, 6.07) is 12.1. The summed E-state index contributed by atoms with van der Waals surface area (Å²) in [4.78, 5) is 15.0. The fourth-order valence-electron chi connectivity index (χ4n) is 6.16. The maximum Gasteiger partial charge on any atom is 0.233 e. The highest BCUT2D eigenvalue weighted by atomic mass is 32.2. The summed E-state index contributed by atoms with van der Waals surface area (Å²) >= 11 is 0. The summed E-state index contributed by atoms with van der Waals surface area (Å²) in [5.74, 6) is 0.00508. The molecule has 0 radical (unpaired) electrons. The quantitative estimate of drug-likeness (QED) is 0.694. The average Bonchev–Trinajstić information content (AvgIpc) is 3.28. The minimum Gasteiger partial charge on any atom is -0.367 e. The number of hydrogen-bond donors (Lipinski definition) is 1. The maximum atomic E-state index is 13.2. The molecule has 2 aliphatic carbocycles. The van der Waals surface area contributed by atoms with Crippen molar-refractivity contribution in [3.8, 4) is 0 Å². The lowest BCUT2D eigenvalue weighted by atomic mass is 9.70. The van der Waals surface area contributed by atoms with Crippen molar-refractivity contribution in [2.75, 3.05) is 21.9 Å². The zero-order valence-corrected chi connectivity index (χ0v) is 19.3. The van der Waals surface area contributed by atoms with E-state index in [0.717, 1.165) is 36.2 Å². The molecule has 2 saturated carbocycles. The minimum atomic E-state index is -3.67. The van der Waals surface area contributed by atoms with Crippen molar-refractivity contribution in [2.45, 2.75) is 46.1 Å². The molecule has 0 amide bonds. The van der Waals surface area contributed by atoms with Crippen molar-refractivity contribution in [1.29, 1.82) is 0 Å². The van der Waals surface area contributed by atoms with Gasteiger partial charge in [-0.15, -0.1) is 0 Å². The zero-order chi connectivity index (χ0) is 22.7. The number of fused-ring (bicyclic) bond motifs is 3. The zero-order valence-electron chi connectivity index (χ0n) is 18.5. The van der Waals surface area contributed by atoms with E-state index in [1.807, 2.05) is 12.1 Å². The molecule has 0 spiro atoms. The van der Waals surface area contributed by atoms with Gasteiger partial charge in [0, 0.05) is 30.9 Å². The van der Waals surface area contributed by atoms with Gasteiger partial charge in [0.05, 0.1) is 11.2 Å². The van der Waals surface area contributed by atoms with E-state index >= 15 is 0 Å². The summed E-state index contributed by atoms with van der Waals surface area (Å²) in [5.41, 5.74) is 2.68. The number of rotatable bonds is 6. The first-order valence-corrected chi connectivity index (χ1v) is 12.9. The molecule has 0 unspecified atom stereocenters. The van der Waals surface area contributed by atoms with Crippen molar-refractivity contribution in [3.05, 3.63) is 59.4 Å². The second-order valence-corrected chi connectivity index (χ2v) is 11.9. The number of anilines is 2. The van der Waals surface area contributed by atoms with Crippen molar-refractivity contribution in [1.82, 2.24) is 0 Å². The van der Waals surface area contributed by atoms with Gasteiger partial charge in [0.25, 0.3) is 0 Å². The third kappa shape index (κ3) is 3.41. The molecule has 7 heteroatoms. The molecule has 1 aliphatic heterocycles. The van der Waals surface area contributed by atoms with E-state index in [4.69, 9.17) is 0 Å². The first-order valence-electron chi connectivity index (χ1n) is 11.3. The second kappa shape index (κ2) is 7.30. The van der Waals surface area contributed by atoms with Crippen LogP contribution in [0.1, 0.15) is 44.2 Å². The van der Waals surface area contributed by atoms with Gasteiger partial charge in [-0.3, -0.25) is 9.52 Å². The van der Waals surface area contributed by atoms with Crippen LogP contribution < -0.4 is 9.62 Å². The van der Waals surface area contributed by atoms with Crippen LogP contribution in [0.3, 0.4) is 0 Å². The van der Waals surface area contributed by atoms with E-state index in [1.165, 1.54) is 12.1 Å². The monoisotopic (exact) mass is 456 g/mol. The van der Waals surface area contributed by atoms with Crippen LogP contribution in [0, 0.1) is 22.6 Å². The molecule has 0 saturated heterocycles. The Balaban J connectivity index is 1.31. The molecule has 5 rings (SSSR count). The molecule has 3 aliphatic rings. The second-order valence-electron chi connectivity index (χ2n) is 10.2. The van der Waals surface area contributed by atoms with E-state index in [-0.39, 0.29) is 28.7 Å². The van der Waals surface area contributed by atoms with Gasteiger partial charge in [-0.25, -0.2) is 12.8 Å². The molecule has 0 aromatic heterocycles. The Bertz CT molecular complexity index is 1180. The number of sulfonamides is 1. The number of carbonyl (C=O) groups is 1. The maximum absolute atomic E-state index is 13.2. The minimum absolute atomic E-state index is 0.106. The van der Waals surface area contributed by atoms with Gasteiger partial charge in [0.15, 0.2) is 0 Å². The lowest BCUT2D eigenvalue weighted by Gasteiger charge is -2.36. The molecule has 170 valence electrons. The molecule has 2 fully saturated rings. The SMILES string of the molecule is CC1(C)[C@@H]2CC[C@@]1(CS(=O)(=O)Nc1ccc3c(c1)CCN3Cc1ccc(F)cc1)C(=O)C2. The van der Waals surface area contributed by atoms with Crippen LogP contribution in [0.4, 0.5) is 15.8 Å². The Hall–Kier alpha value is -2.41. The molecule has 1 N–H and O–H groups in total. The third-order valence-corrected chi connectivity index (χ3v) is 9.63. The van der Waals surface area contributed by atoms with Crippen LogP contribution in [-0.4, -0.2) is 26.5 Å². The highest BCUT2D eigenvalue weighted by Crippen LogP contribution is 2.64. The lowest BCUT2D eigenvalue weighted by molar-refractivity contribution is -0.128. The smallest absolute Gasteiger partial charge is 0.233 e. The predicted octanol–water partition coefficient (Wildman–Crippen LogP) is 4.53. The highest BCUT2D eigenvalue weighted by molar-refractivity contribution is 7.92. The molecular weight excluding hydrogens is 427 g/mol. The van der Waals surface area contributed by atoms with Crippen LogP contribution >= 0.6 is 0 Å². The number of nitrogens with one attached hydrogen (secondary N) is 1. The average molecular weight is 457 g/mol. The summed E-state index contributed by atoms with van der Waals surface area (Å²) in [6.45, 7) is 5.61. The fourth-order valence-corrected chi connectivity index (χ4v) is 8.04. The Morgan fingerprint density at radius 3 is 2.56 bits per heavy atom. The Morgan fingerprint density at radius 1 is 1.16 bits per heavy atom. The molecule has 2 atom stereocenters. The van der Waals surface area contributed by atoms with Gasteiger partial charge in [-0.1, -0.05) is 26.0 Å². The number of Topliss-reactive ketones (excluding diaryl/α,β-unsaturated/α-hetero) is 1. The Kier molecular flexibility index (Phi) is 4.89. The molecule has 2 bridgehead atoms. The normalized spacial score (nSPS) is 25.9. The van der Waals surface area contributed by atoms with Gasteiger partial charge in [0.1, 0.15) is 11.6 Å². The summed E-state index contributed by atoms with van der Waals surface area (Å²) in [5, 5.41) is 0. The van der Waals surface area contributed by atoms with Gasteiger partial charge >= 0.3 is 0 Å². The van der Waals surface area contributed by atoms with E-state index in [9.17, 15) is 17.6 Å². The van der Waals surface area contributed by atoms with Crippen LogP contribution in [0.5, 0.6) is 0 Å². The molecule has 2 aromatic rings. The number of benzene rings is 2. The van der Waals surface area contributed by atoms with E-state index in [0.29, 0.717) is 25.1 Å². The number of hydrogen-bond acceptors (Lipinski definition) is 4. The predicted molar refractivity (Wildman–Crippen MR) is 124 cm³/mol. The van der Waals surface area contributed by atoms with Crippen molar-refractivity contribution >= 4 is 27.2 Å². The van der Waals surface area contributed by atoms with E-state index < -0.39 is 15.4 Å². The molecule has 2 aromatic carbocycles. The summed E-state index contributed by atoms with van der Waals surface area (Å²) in [6.07, 6.45) is 2.92. The van der Waals surface area contributed by atoms with Crippen molar-refractivity contribution in [2.24, 2.45) is 16.7 Å². The lowest BCUT2D eigenvalue weighted by Crippen LogP contribution is -2.43. The Labute approximate surface area is 189 Å². The summed E-state index contributed by atoms with van der Waals surface area (Å²) in [7, 11) is -3.67. The van der Waals surface area contributed by atoms with Gasteiger partial charge in [-0.2, -0.15) is 0 Å². The van der Waals surface area contributed by atoms with Gasteiger partial charge < -0.3 is 4.90 Å². The van der Waals surface area contributed by atoms with Crippen LogP contribution in [0.25, 0.3) is 0 Å². The summed E-state index contributed by atoms with van der Waals surface area (Å²) < 4.78 is 42.1. The fraction of sp³-hybridized carbons (Fsp3) is 0.480. The standard InChI is InChI=1S/C25H29FN2O3S/c1-24(2)19-9-11-25(24,23(29)14-19)16-32(30,31)27-21-7-8-22-18(13-21)10-12-28(22)15-17-3-5-20(26)6-4-17/h3-8,13,19,27H,9-12,14-16H2,1-2H3/t19-,25-/m1/s1. The van der Waals surface area contributed by atoms with E-state index in [2.05, 4.69) is 23.5 Å². The molecule has 5 nitrogen and oxygen atoms in total. The van der Waals surface area contributed by atoms with E-state index in [1.54, 1.807) is 18.2 Å². The van der Waals surface area contributed by atoms with Crippen LogP contribution in [-0.2, 0) is 27.8 Å². The third-order valence-electron chi connectivity index (χ3n) is 8.21. The Morgan fingerprint density at radius 2 is 1.91 bits per heavy atom. The highest BCUT2D eigenvalue weighted by Gasteiger charge is 2.65. The molecular formula is C25H29FN2O3S. The van der Waals surface area contributed by atoms with Gasteiger partial charge in [-0.05, 0) is 72.1 Å². The number of carbonyl (C=O) groups excluding carboxylic acids is 1.